The third-order valence-corrected chi connectivity index (χ3v) is 3.49. The lowest BCUT2D eigenvalue weighted by atomic mass is 10.0. The average molecular weight is 219 g/mol. The first-order chi connectivity index (χ1) is 7.76. The standard InChI is InChI=1S/C13H21N3/c1-4-16-7-5-6-12(16)11-8-10(2)13(14-3)15-9-11/h8-9,12H,4-7H2,1-3H3,(H,14,15)/t12-/m1/s1. The molecule has 1 fully saturated rings. The van der Waals surface area contributed by atoms with Crippen LogP contribution >= 0.6 is 0 Å². The van der Waals surface area contributed by atoms with Crippen LogP contribution in [-0.4, -0.2) is 30.0 Å². The van der Waals surface area contributed by atoms with Crippen molar-refractivity contribution in [3.8, 4) is 0 Å². The summed E-state index contributed by atoms with van der Waals surface area (Å²) < 4.78 is 0. The first-order valence-corrected chi connectivity index (χ1v) is 6.14. The Kier molecular flexibility index (Phi) is 3.44. The molecule has 3 heteroatoms. The summed E-state index contributed by atoms with van der Waals surface area (Å²) in [6.45, 7) is 6.72. The lowest BCUT2D eigenvalue weighted by molar-refractivity contribution is 0.271. The van der Waals surface area contributed by atoms with E-state index in [1.165, 1.54) is 30.5 Å². The van der Waals surface area contributed by atoms with Gasteiger partial charge >= 0.3 is 0 Å². The summed E-state index contributed by atoms with van der Waals surface area (Å²) >= 11 is 0. The minimum absolute atomic E-state index is 0.585. The quantitative estimate of drug-likeness (QED) is 0.847. The Balaban J connectivity index is 2.23. The van der Waals surface area contributed by atoms with Crippen LogP contribution in [0, 0.1) is 6.92 Å². The monoisotopic (exact) mass is 219 g/mol. The molecule has 0 aromatic carbocycles. The number of anilines is 1. The summed E-state index contributed by atoms with van der Waals surface area (Å²) in [4.78, 5) is 7.01. The second-order valence-electron chi connectivity index (χ2n) is 4.47. The van der Waals surface area contributed by atoms with E-state index in [9.17, 15) is 0 Å². The van der Waals surface area contributed by atoms with Crippen LogP contribution in [0.3, 0.4) is 0 Å². The number of hydrogen-bond donors (Lipinski definition) is 1. The summed E-state index contributed by atoms with van der Waals surface area (Å²) in [7, 11) is 1.92. The van der Waals surface area contributed by atoms with Gasteiger partial charge in [0.15, 0.2) is 0 Å². The summed E-state index contributed by atoms with van der Waals surface area (Å²) in [5.41, 5.74) is 2.61. The van der Waals surface area contributed by atoms with Gasteiger partial charge < -0.3 is 5.32 Å². The number of hydrogen-bond acceptors (Lipinski definition) is 3. The average Bonchev–Trinajstić information content (AvgIpc) is 2.77. The van der Waals surface area contributed by atoms with E-state index in [0.717, 1.165) is 12.4 Å². The maximum Gasteiger partial charge on any atom is 0.128 e. The van der Waals surface area contributed by atoms with Crippen LogP contribution in [-0.2, 0) is 0 Å². The van der Waals surface area contributed by atoms with Crippen molar-refractivity contribution in [2.45, 2.75) is 32.7 Å². The highest BCUT2D eigenvalue weighted by Crippen LogP contribution is 2.32. The van der Waals surface area contributed by atoms with Gasteiger partial charge in [-0.2, -0.15) is 0 Å². The van der Waals surface area contributed by atoms with Crippen molar-refractivity contribution in [2.75, 3.05) is 25.5 Å². The molecule has 1 aromatic heterocycles. The molecule has 0 saturated carbocycles. The molecule has 2 rings (SSSR count). The molecule has 0 unspecified atom stereocenters. The minimum Gasteiger partial charge on any atom is -0.373 e. The molecule has 1 atom stereocenters. The SMILES string of the molecule is CCN1CCC[C@@H]1c1cnc(NC)c(C)c1. The zero-order valence-electron chi connectivity index (χ0n) is 10.5. The van der Waals surface area contributed by atoms with Crippen LogP contribution in [0.2, 0.25) is 0 Å². The Labute approximate surface area is 97.9 Å². The fourth-order valence-electron chi connectivity index (χ4n) is 2.62. The molecule has 1 aliphatic rings. The van der Waals surface area contributed by atoms with Crippen molar-refractivity contribution in [1.82, 2.24) is 9.88 Å². The van der Waals surface area contributed by atoms with Gasteiger partial charge in [-0.05, 0) is 50.0 Å². The molecule has 0 bridgehead atoms. The van der Waals surface area contributed by atoms with Gasteiger partial charge in [0.05, 0.1) is 0 Å². The van der Waals surface area contributed by atoms with Gasteiger partial charge in [0.2, 0.25) is 0 Å². The van der Waals surface area contributed by atoms with E-state index in [1.54, 1.807) is 0 Å². The first kappa shape index (κ1) is 11.4. The molecule has 1 aliphatic heterocycles. The zero-order valence-corrected chi connectivity index (χ0v) is 10.5. The fraction of sp³-hybridized carbons (Fsp3) is 0.615. The number of aryl methyl sites for hydroxylation is 1. The van der Waals surface area contributed by atoms with Gasteiger partial charge in [0.1, 0.15) is 5.82 Å². The molecular formula is C13H21N3. The molecule has 1 saturated heterocycles. The maximum absolute atomic E-state index is 4.47. The molecule has 2 heterocycles. The number of nitrogens with one attached hydrogen (secondary N) is 1. The molecule has 88 valence electrons. The molecule has 16 heavy (non-hydrogen) atoms. The third-order valence-electron chi connectivity index (χ3n) is 3.49. The minimum atomic E-state index is 0.585. The smallest absolute Gasteiger partial charge is 0.128 e. The Morgan fingerprint density at radius 3 is 3.00 bits per heavy atom. The van der Waals surface area contributed by atoms with Crippen molar-refractivity contribution in [3.05, 3.63) is 23.4 Å². The van der Waals surface area contributed by atoms with E-state index >= 15 is 0 Å². The van der Waals surface area contributed by atoms with Gasteiger partial charge in [-0.15, -0.1) is 0 Å². The molecule has 3 nitrogen and oxygen atoms in total. The highest BCUT2D eigenvalue weighted by molar-refractivity contribution is 5.44. The second kappa shape index (κ2) is 4.83. The van der Waals surface area contributed by atoms with E-state index in [-0.39, 0.29) is 0 Å². The number of nitrogens with zero attached hydrogens (tertiary/aromatic N) is 2. The van der Waals surface area contributed by atoms with Crippen LogP contribution in [0.5, 0.6) is 0 Å². The lowest BCUT2D eigenvalue weighted by Crippen LogP contribution is -2.22. The van der Waals surface area contributed by atoms with Crippen molar-refractivity contribution in [2.24, 2.45) is 0 Å². The fourth-order valence-corrected chi connectivity index (χ4v) is 2.62. The van der Waals surface area contributed by atoms with Crippen LogP contribution in [0.25, 0.3) is 0 Å². The van der Waals surface area contributed by atoms with E-state index in [4.69, 9.17) is 0 Å². The van der Waals surface area contributed by atoms with Crippen LogP contribution < -0.4 is 5.32 Å². The first-order valence-electron chi connectivity index (χ1n) is 6.14. The molecule has 1 N–H and O–H groups in total. The molecule has 0 spiro atoms. The number of rotatable bonds is 3. The molecular weight excluding hydrogens is 198 g/mol. The Hall–Kier alpha value is -1.09. The van der Waals surface area contributed by atoms with Crippen molar-refractivity contribution in [1.29, 1.82) is 0 Å². The van der Waals surface area contributed by atoms with Crippen molar-refractivity contribution < 1.29 is 0 Å². The highest BCUT2D eigenvalue weighted by atomic mass is 15.2. The largest absolute Gasteiger partial charge is 0.373 e. The van der Waals surface area contributed by atoms with Crippen LogP contribution in [0.15, 0.2) is 12.3 Å². The summed E-state index contributed by atoms with van der Waals surface area (Å²) in [6, 6.07) is 2.86. The number of pyridine rings is 1. The summed E-state index contributed by atoms with van der Waals surface area (Å²) in [6.07, 6.45) is 4.61. The van der Waals surface area contributed by atoms with Crippen molar-refractivity contribution in [3.63, 3.8) is 0 Å². The molecule has 1 aromatic rings. The predicted octanol–water partition coefficient (Wildman–Crippen LogP) is 2.59. The Morgan fingerprint density at radius 1 is 1.56 bits per heavy atom. The van der Waals surface area contributed by atoms with Gasteiger partial charge in [0, 0.05) is 19.3 Å². The Morgan fingerprint density at radius 2 is 2.38 bits per heavy atom. The van der Waals surface area contributed by atoms with Crippen LogP contribution in [0.4, 0.5) is 5.82 Å². The number of aromatic nitrogens is 1. The summed E-state index contributed by atoms with van der Waals surface area (Å²) in [5.74, 6) is 0.991. The maximum atomic E-state index is 4.47. The highest BCUT2D eigenvalue weighted by Gasteiger charge is 2.24. The van der Waals surface area contributed by atoms with Gasteiger partial charge in [-0.1, -0.05) is 6.92 Å². The zero-order chi connectivity index (χ0) is 11.5. The van der Waals surface area contributed by atoms with Gasteiger partial charge in [0.25, 0.3) is 0 Å². The normalized spacial score (nSPS) is 21.3. The topological polar surface area (TPSA) is 28.2 Å². The van der Waals surface area contributed by atoms with E-state index in [1.807, 2.05) is 13.2 Å². The second-order valence-corrected chi connectivity index (χ2v) is 4.47. The predicted molar refractivity (Wildman–Crippen MR) is 67.7 cm³/mol. The number of likely N-dealkylation sites (tertiary alicyclic amines) is 1. The van der Waals surface area contributed by atoms with Crippen LogP contribution in [0.1, 0.15) is 36.9 Å². The Bertz CT molecular complexity index is 362. The van der Waals surface area contributed by atoms with E-state index in [0.29, 0.717) is 6.04 Å². The molecule has 0 aliphatic carbocycles. The summed E-state index contributed by atoms with van der Waals surface area (Å²) in [5, 5.41) is 3.11. The van der Waals surface area contributed by atoms with Gasteiger partial charge in [-0.3, -0.25) is 4.90 Å². The van der Waals surface area contributed by atoms with Gasteiger partial charge in [-0.25, -0.2) is 4.98 Å². The lowest BCUT2D eigenvalue weighted by Gasteiger charge is -2.23. The van der Waals surface area contributed by atoms with E-state index in [2.05, 4.69) is 35.1 Å². The molecule has 0 radical (unpaired) electrons. The molecule has 0 amide bonds. The van der Waals surface area contributed by atoms with E-state index < -0.39 is 0 Å². The third kappa shape index (κ3) is 2.05. The van der Waals surface area contributed by atoms with Crippen molar-refractivity contribution >= 4 is 5.82 Å².